The first kappa shape index (κ1) is 16.6. The molecule has 0 radical (unpaired) electrons. The maximum absolute atomic E-state index is 9.80. The van der Waals surface area contributed by atoms with E-state index in [4.69, 9.17) is 4.74 Å². The van der Waals surface area contributed by atoms with Gasteiger partial charge in [0, 0.05) is 23.9 Å². The Bertz CT molecular complexity index is 340. The number of aliphatic hydroxyl groups is 1. The van der Waals surface area contributed by atoms with Crippen molar-refractivity contribution in [3.05, 3.63) is 16.1 Å². The second kappa shape index (κ2) is 9.42. The summed E-state index contributed by atoms with van der Waals surface area (Å²) in [6.07, 6.45) is 2.63. The van der Waals surface area contributed by atoms with E-state index in [0.29, 0.717) is 25.8 Å². The Hall–Kier alpha value is -0.490. The second-order valence-electron chi connectivity index (χ2n) is 4.76. The third kappa shape index (κ3) is 6.47. The smallest absolute Gasteiger partial charge is 0.0897 e. The summed E-state index contributed by atoms with van der Waals surface area (Å²) in [5.74, 6) is 0. The minimum atomic E-state index is -0.428. The molecule has 1 aromatic rings. The molecule has 0 fully saturated rings. The first-order valence-electron chi connectivity index (χ1n) is 7.05. The zero-order valence-electron chi connectivity index (χ0n) is 12.2. The lowest BCUT2D eigenvalue weighted by Crippen LogP contribution is -2.36. The number of ether oxygens (including phenoxy) is 1. The van der Waals surface area contributed by atoms with Crippen LogP contribution in [0.25, 0.3) is 0 Å². The van der Waals surface area contributed by atoms with Gasteiger partial charge in [-0.1, -0.05) is 13.8 Å². The van der Waals surface area contributed by atoms with E-state index in [0.717, 1.165) is 25.0 Å². The number of hydrogen-bond donors (Lipinski definition) is 2. The molecule has 0 aliphatic rings. The van der Waals surface area contributed by atoms with Crippen LogP contribution in [-0.4, -0.2) is 42.0 Å². The number of aromatic nitrogens is 1. The number of aliphatic hydroxyl groups excluding tert-OH is 1. The van der Waals surface area contributed by atoms with E-state index >= 15 is 0 Å². The molecule has 0 saturated carbocycles. The number of nitrogens with zero attached hydrogens (tertiary/aromatic N) is 1. The molecule has 0 saturated heterocycles. The van der Waals surface area contributed by atoms with Crippen molar-refractivity contribution < 1.29 is 9.84 Å². The Balaban J connectivity index is 2.07. The maximum Gasteiger partial charge on any atom is 0.0897 e. The number of aryl methyl sites for hydroxylation is 1. The summed E-state index contributed by atoms with van der Waals surface area (Å²) in [6, 6.07) is 0.495. The Kier molecular flexibility index (Phi) is 8.21. The maximum atomic E-state index is 9.80. The van der Waals surface area contributed by atoms with Crippen molar-refractivity contribution >= 4 is 11.3 Å². The van der Waals surface area contributed by atoms with E-state index in [1.54, 1.807) is 11.3 Å². The summed E-state index contributed by atoms with van der Waals surface area (Å²) in [4.78, 5) is 5.47. The van der Waals surface area contributed by atoms with Crippen LogP contribution in [0.2, 0.25) is 0 Å². The predicted molar refractivity (Wildman–Crippen MR) is 79.8 cm³/mol. The molecule has 0 aliphatic carbocycles. The molecule has 1 rings (SSSR count). The molecule has 0 aliphatic heterocycles. The number of hydrogen-bond acceptors (Lipinski definition) is 5. The Morgan fingerprint density at radius 3 is 2.74 bits per heavy atom. The van der Waals surface area contributed by atoms with E-state index in [2.05, 4.69) is 24.1 Å². The van der Waals surface area contributed by atoms with Crippen LogP contribution in [0.5, 0.6) is 0 Å². The van der Waals surface area contributed by atoms with Gasteiger partial charge in [0.1, 0.15) is 0 Å². The number of thiazole rings is 1. The first-order valence-corrected chi connectivity index (χ1v) is 7.93. The molecule has 110 valence electrons. The standard InChI is InChI=1S/C14H26N2O2S/c1-4-12(5-2)15-8-13(17)9-18-7-6-14-11(3)16-10-19-14/h10,12-13,15,17H,4-9H2,1-3H3. The van der Waals surface area contributed by atoms with Crippen LogP contribution in [0.15, 0.2) is 5.51 Å². The summed E-state index contributed by atoms with van der Waals surface area (Å²) in [7, 11) is 0. The Labute approximate surface area is 120 Å². The minimum absolute atomic E-state index is 0.394. The predicted octanol–water partition coefficient (Wildman–Crippen LogP) is 2.15. The van der Waals surface area contributed by atoms with Gasteiger partial charge in [-0.3, -0.25) is 0 Å². The molecule has 1 heterocycles. The van der Waals surface area contributed by atoms with Crippen LogP contribution in [0.4, 0.5) is 0 Å². The summed E-state index contributed by atoms with van der Waals surface area (Å²) in [5, 5.41) is 13.1. The van der Waals surface area contributed by atoms with E-state index in [-0.39, 0.29) is 0 Å². The van der Waals surface area contributed by atoms with Crippen LogP contribution in [-0.2, 0) is 11.2 Å². The van der Waals surface area contributed by atoms with Crippen LogP contribution >= 0.6 is 11.3 Å². The van der Waals surface area contributed by atoms with Gasteiger partial charge in [-0.2, -0.15) is 0 Å². The van der Waals surface area contributed by atoms with Crippen LogP contribution in [0, 0.1) is 6.92 Å². The molecule has 5 heteroatoms. The van der Waals surface area contributed by atoms with Gasteiger partial charge in [-0.25, -0.2) is 4.98 Å². The molecular weight excluding hydrogens is 260 g/mol. The van der Waals surface area contributed by atoms with Gasteiger partial charge in [-0.15, -0.1) is 11.3 Å². The van der Waals surface area contributed by atoms with E-state index < -0.39 is 6.10 Å². The van der Waals surface area contributed by atoms with Crippen molar-refractivity contribution in [3.63, 3.8) is 0 Å². The van der Waals surface area contributed by atoms with Crippen molar-refractivity contribution in [3.8, 4) is 0 Å². The Morgan fingerprint density at radius 1 is 1.42 bits per heavy atom. The minimum Gasteiger partial charge on any atom is -0.389 e. The molecule has 1 unspecified atom stereocenters. The van der Waals surface area contributed by atoms with Crippen molar-refractivity contribution in [2.24, 2.45) is 0 Å². The second-order valence-corrected chi connectivity index (χ2v) is 5.70. The Morgan fingerprint density at radius 2 is 2.16 bits per heavy atom. The molecule has 0 spiro atoms. The number of nitrogens with one attached hydrogen (secondary N) is 1. The van der Waals surface area contributed by atoms with Crippen LogP contribution in [0.3, 0.4) is 0 Å². The molecule has 0 bridgehead atoms. The number of rotatable bonds is 10. The fraction of sp³-hybridized carbons (Fsp3) is 0.786. The topological polar surface area (TPSA) is 54.4 Å². The molecule has 0 aromatic carbocycles. The summed E-state index contributed by atoms with van der Waals surface area (Å²) >= 11 is 1.66. The van der Waals surface area contributed by atoms with Gasteiger partial charge in [0.15, 0.2) is 0 Å². The third-order valence-electron chi connectivity index (χ3n) is 3.26. The lowest BCUT2D eigenvalue weighted by Gasteiger charge is -2.18. The lowest BCUT2D eigenvalue weighted by atomic mass is 10.1. The third-order valence-corrected chi connectivity index (χ3v) is 4.25. The van der Waals surface area contributed by atoms with Crippen molar-refractivity contribution in [2.45, 2.75) is 52.2 Å². The fourth-order valence-electron chi connectivity index (χ4n) is 1.89. The first-order chi connectivity index (χ1) is 9.17. The van der Waals surface area contributed by atoms with Gasteiger partial charge >= 0.3 is 0 Å². The van der Waals surface area contributed by atoms with E-state index in [1.807, 2.05) is 12.4 Å². The summed E-state index contributed by atoms with van der Waals surface area (Å²) in [6.45, 7) is 7.96. The molecule has 1 atom stereocenters. The fourth-order valence-corrected chi connectivity index (χ4v) is 2.65. The van der Waals surface area contributed by atoms with Gasteiger partial charge < -0.3 is 15.2 Å². The molecule has 19 heavy (non-hydrogen) atoms. The van der Waals surface area contributed by atoms with Crippen molar-refractivity contribution in [1.82, 2.24) is 10.3 Å². The van der Waals surface area contributed by atoms with E-state index in [9.17, 15) is 5.11 Å². The normalized spacial score (nSPS) is 13.1. The molecule has 4 nitrogen and oxygen atoms in total. The average Bonchev–Trinajstić information content (AvgIpc) is 2.81. The summed E-state index contributed by atoms with van der Waals surface area (Å²) in [5.41, 5.74) is 2.95. The van der Waals surface area contributed by atoms with Crippen LogP contribution in [0.1, 0.15) is 37.3 Å². The zero-order valence-corrected chi connectivity index (χ0v) is 13.0. The van der Waals surface area contributed by atoms with Crippen LogP contribution < -0.4 is 5.32 Å². The van der Waals surface area contributed by atoms with Gasteiger partial charge in [0.05, 0.1) is 30.5 Å². The summed E-state index contributed by atoms with van der Waals surface area (Å²) < 4.78 is 5.51. The van der Waals surface area contributed by atoms with E-state index in [1.165, 1.54) is 4.88 Å². The highest BCUT2D eigenvalue weighted by atomic mass is 32.1. The highest BCUT2D eigenvalue weighted by molar-refractivity contribution is 7.09. The quantitative estimate of drug-likeness (QED) is 0.647. The van der Waals surface area contributed by atoms with Gasteiger partial charge in [0.25, 0.3) is 0 Å². The zero-order chi connectivity index (χ0) is 14.1. The highest BCUT2D eigenvalue weighted by Gasteiger charge is 2.08. The largest absolute Gasteiger partial charge is 0.389 e. The molecule has 0 amide bonds. The molecular formula is C14H26N2O2S. The average molecular weight is 286 g/mol. The van der Waals surface area contributed by atoms with Crippen molar-refractivity contribution in [1.29, 1.82) is 0 Å². The monoisotopic (exact) mass is 286 g/mol. The van der Waals surface area contributed by atoms with Gasteiger partial charge in [0.2, 0.25) is 0 Å². The SMILES string of the molecule is CCC(CC)NCC(O)COCCc1scnc1C. The highest BCUT2D eigenvalue weighted by Crippen LogP contribution is 2.12. The lowest BCUT2D eigenvalue weighted by molar-refractivity contribution is 0.0370. The molecule has 1 aromatic heterocycles. The van der Waals surface area contributed by atoms with Crippen molar-refractivity contribution in [2.75, 3.05) is 19.8 Å². The molecule has 2 N–H and O–H groups in total. The van der Waals surface area contributed by atoms with Gasteiger partial charge in [-0.05, 0) is 19.8 Å².